The summed E-state index contributed by atoms with van der Waals surface area (Å²) < 4.78 is 33.8. The third kappa shape index (κ3) is 5.68. The molecule has 0 aliphatic heterocycles. The van der Waals surface area contributed by atoms with E-state index in [0.29, 0.717) is 17.0 Å². The van der Waals surface area contributed by atoms with Gasteiger partial charge in [0, 0.05) is 11.4 Å². The number of hydrogen-bond acceptors (Lipinski definition) is 4. The van der Waals surface area contributed by atoms with E-state index in [4.69, 9.17) is 4.74 Å². The van der Waals surface area contributed by atoms with Crippen molar-refractivity contribution in [1.29, 1.82) is 0 Å². The molecule has 3 aromatic carbocycles. The molecule has 0 aliphatic carbocycles. The van der Waals surface area contributed by atoms with Crippen molar-refractivity contribution < 1.29 is 17.9 Å². The number of rotatable bonds is 8. The Morgan fingerprint density at radius 1 is 0.906 bits per heavy atom. The first-order valence-corrected chi connectivity index (χ1v) is 11.9. The maximum absolute atomic E-state index is 12.8. The predicted octanol–water partition coefficient (Wildman–Crippen LogP) is 4.99. The van der Waals surface area contributed by atoms with Gasteiger partial charge in [0.05, 0.1) is 4.90 Å². The van der Waals surface area contributed by atoms with Crippen molar-refractivity contribution in [3.63, 3.8) is 0 Å². The van der Waals surface area contributed by atoms with Gasteiger partial charge in [0.25, 0.3) is 15.9 Å². The minimum Gasteiger partial charge on any atom is -0.483 e. The lowest BCUT2D eigenvalue weighted by molar-refractivity contribution is -0.118. The van der Waals surface area contributed by atoms with E-state index in [2.05, 4.69) is 10.0 Å². The molecule has 3 rings (SSSR count). The Bertz CT molecular complexity index is 1240. The van der Waals surface area contributed by atoms with Crippen LogP contribution in [0, 0.1) is 20.8 Å². The normalized spacial score (nSPS) is 11.1. The lowest BCUT2D eigenvalue weighted by atomic mass is 10.1. The van der Waals surface area contributed by atoms with E-state index in [1.165, 1.54) is 12.1 Å². The van der Waals surface area contributed by atoms with Gasteiger partial charge in [-0.3, -0.25) is 9.52 Å². The SMILES string of the molecule is CCc1ccccc1NC(=O)COc1ccc(S(=O)(=O)Nc2ccc(C)c(C)c2)cc1C. The zero-order valence-electron chi connectivity index (χ0n) is 18.7. The Hall–Kier alpha value is -3.32. The molecule has 168 valence electrons. The maximum Gasteiger partial charge on any atom is 0.262 e. The van der Waals surface area contributed by atoms with E-state index in [1.807, 2.05) is 51.1 Å². The molecule has 0 spiro atoms. The number of ether oxygens (including phenoxy) is 1. The van der Waals surface area contributed by atoms with Crippen molar-refractivity contribution in [2.24, 2.45) is 0 Å². The van der Waals surface area contributed by atoms with Gasteiger partial charge < -0.3 is 10.1 Å². The fraction of sp³-hybridized carbons (Fsp3) is 0.240. The van der Waals surface area contributed by atoms with Crippen LogP contribution >= 0.6 is 0 Å². The molecule has 1 amide bonds. The van der Waals surface area contributed by atoms with Gasteiger partial charge in [-0.05, 0) is 85.8 Å². The second-order valence-corrected chi connectivity index (χ2v) is 9.36. The van der Waals surface area contributed by atoms with Crippen molar-refractivity contribution in [3.05, 3.63) is 82.9 Å². The molecule has 0 fully saturated rings. The van der Waals surface area contributed by atoms with Crippen LogP contribution in [0.1, 0.15) is 29.2 Å². The molecular weight excluding hydrogens is 424 g/mol. The number of para-hydroxylation sites is 1. The summed E-state index contributed by atoms with van der Waals surface area (Å²) in [5, 5.41) is 2.85. The number of anilines is 2. The molecule has 0 unspecified atom stereocenters. The molecule has 0 aliphatic rings. The lowest BCUT2D eigenvalue weighted by Crippen LogP contribution is -2.21. The molecule has 0 atom stereocenters. The number of amides is 1. The third-order valence-electron chi connectivity index (χ3n) is 5.25. The number of carbonyl (C=O) groups is 1. The molecular formula is C25H28N2O4S. The summed E-state index contributed by atoms with van der Waals surface area (Å²) in [5.41, 5.74) is 5.03. The van der Waals surface area contributed by atoms with Crippen molar-refractivity contribution in [2.75, 3.05) is 16.6 Å². The zero-order chi connectivity index (χ0) is 23.3. The quantitative estimate of drug-likeness (QED) is 0.504. The number of carbonyl (C=O) groups excluding carboxylic acids is 1. The highest BCUT2D eigenvalue weighted by molar-refractivity contribution is 7.92. The minimum absolute atomic E-state index is 0.127. The summed E-state index contributed by atoms with van der Waals surface area (Å²) in [4.78, 5) is 12.4. The summed E-state index contributed by atoms with van der Waals surface area (Å²) in [7, 11) is -3.75. The van der Waals surface area contributed by atoms with Crippen molar-refractivity contribution in [1.82, 2.24) is 0 Å². The number of hydrogen-bond donors (Lipinski definition) is 2. The van der Waals surface area contributed by atoms with Gasteiger partial charge in [-0.1, -0.05) is 31.2 Å². The highest BCUT2D eigenvalue weighted by atomic mass is 32.2. The molecule has 2 N–H and O–H groups in total. The summed E-state index contributed by atoms with van der Waals surface area (Å²) in [6.45, 7) is 7.49. The van der Waals surface area contributed by atoms with Gasteiger partial charge in [0.2, 0.25) is 0 Å². The van der Waals surface area contributed by atoms with E-state index in [1.54, 1.807) is 25.1 Å². The van der Waals surface area contributed by atoms with Crippen LogP contribution < -0.4 is 14.8 Å². The van der Waals surface area contributed by atoms with Gasteiger partial charge in [-0.2, -0.15) is 0 Å². The van der Waals surface area contributed by atoms with Crippen LogP contribution in [0.3, 0.4) is 0 Å². The molecule has 0 bridgehead atoms. The topological polar surface area (TPSA) is 84.5 Å². The third-order valence-corrected chi connectivity index (χ3v) is 6.63. The Labute approximate surface area is 189 Å². The largest absolute Gasteiger partial charge is 0.483 e. The van der Waals surface area contributed by atoms with E-state index in [0.717, 1.165) is 28.8 Å². The first-order chi connectivity index (χ1) is 15.2. The van der Waals surface area contributed by atoms with Gasteiger partial charge in [0.1, 0.15) is 5.75 Å². The van der Waals surface area contributed by atoms with Crippen LogP contribution in [-0.4, -0.2) is 20.9 Å². The lowest BCUT2D eigenvalue weighted by Gasteiger charge is -2.13. The highest BCUT2D eigenvalue weighted by Crippen LogP contribution is 2.24. The van der Waals surface area contributed by atoms with E-state index < -0.39 is 10.0 Å². The number of aryl methyl sites for hydroxylation is 4. The van der Waals surface area contributed by atoms with Crippen LogP contribution in [-0.2, 0) is 21.2 Å². The van der Waals surface area contributed by atoms with Crippen LogP contribution in [0.2, 0.25) is 0 Å². The van der Waals surface area contributed by atoms with Crippen molar-refractivity contribution in [2.45, 2.75) is 39.0 Å². The smallest absolute Gasteiger partial charge is 0.262 e. The number of nitrogens with one attached hydrogen (secondary N) is 2. The van der Waals surface area contributed by atoms with Crippen LogP contribution in [0.4, 0.5) is 11.4 Å². The van der Waals surface area contributed by atoms with Gasteiger partial charge in [-0.25, -0.2) is 8.42 Å². The zero-order valence-corrected chi connectivity index (χ0v) is 19.5. The fourth-order valence-electron chi connectivity index (χ4n) is 3.25. The Morgan fingerprint density at radius 2 is 1.66 bits per heavy atom. The Kier molecular flexibility index (Phi) is 7.20. The molecule has 0 saturated carbocycles. The molecule has 0 aromatic heterocycles. The molecule has 0 radical (unpaired) electrons. The van der Waals surface area contributed by atoms with Crippen molar-refractivity contribution >= 4 is 27.3 Å². The van der Waals surface area contributed by atoms with Crippen molar-refractivity contribution in [3.8, 4) is 5.75 Å². The van der Waals surface area contributed by atoms with E-state index >= 15 is 0 Å². The van der Waals surface area contributed by atoms with Crippen LogP contribution in [0.5, 0.6) is 5.75 Å². The summed E-state index contributed by atoms with van der Waals surface area (Å²) in [6.07, 6.45) is 0.808. The average Bonchev–Trinajstić information content (AvgIpc) is 2.75. The molecule has 0 heterocycles. The highest BCUT2D eigenvalue weighted by Gasteiger charge is 2.17. The van der Waals surface area contributed by atoms with Gasteiger partial charge >= 0.3 is 0 Å². The minimum atomic E-state index is -3.75. The van der Waals surface area contributed by atoms with E-state index in [-0.39, 0.29) is 17.4 Å². The van der Waals surface area contributed by atoms with Crippen LogP contribution in [0.25, 0.3) is 0 Å². The molecule has 7 heteroatoms. The van der Waals surface area contributed by atoms with Gasteiger partial charge in [-0.15, -0.1) is 0 Å². The van der Waals surface area contributed by atoms with Crippen LogP contribution in [0.15, 0.2) is 65.6 Å². The summed E-state index contributed by atoms with van der Waals surface area (Å²) in [5.74, 6) is 0.174. The molecule has 3 aromatic rings. The summed E-state index contributed by atoms with van der Waals surface area (Å²) in [6, 6.07) is 17.6. The average molecular weight is 453 g/mol. The molecule has 6 nitrogen and oxygen atoms in total. The number of benzene rings is 3. The molecule has 32 heavy (non-hydrogen) atoms. The van der Waals surface area contributed by atoms with Gasteiger partial charge in [0.15, 0.2) is 6.61 Å². The number of sulfonamides is 1. The van der Waals surface area contributed by atoms with E-state index in [9.17, 15) is 13.2 Å². The second kappa shape index (κ2) is 9.87. The maximum atomic E-state index is 12.8. The fourth-order valence-corrected chi connectivity index (χ4v) is 4.38. The Balaban J connectivity index is 1.66. The molecule has 0 saturated heterocycles. The standard InChI is InChI=1S/C25H28N2O4S/c1-5-20-8-6-7-9-23(20)26-25(28)16-31-24-13-12-22(15-19(24)4)32(29,30)27-21-11-10-17(2)18(3)14-21/h6-15,27H,5,16H2,1-4H3,(H,26,28). The summed E-state index contributed by atoms with van der Waals surface area (Å²) >= 11 is 0. The first-order valence-electron chi connectivity index (χ1n) is 10.4. The first kappa shape index (κ1) is 23.3. The second-order valence-electron chi connectivity index (χ2n) is 7.68. The predicted molar refractivity (Wildman–Crippen MR) is 128 cm³/mol. The monoisotopic (exact) mass is 452 g/mol. The Morgan fingerprint density at radius 3 is 2.34 bits per heavy atom.